The molecule has 1 fully saturated rings. The number of fused-ring (bicyclic) bond motifs is 2. The third-order valence-corrected chi connectivity index (χ3v) is 7.05. The maximum Gasteiger partial charge on any atom is 0.321 e. The van der Waals surface area contributed by atoms with E-state index in [4.69, 9.17) is 0 Å². The zero-order valence-corrected chi connectivity index (χ0v) is 17.3. The summed E-state index contributed by atoms with van der Waals surface area (Å²) in [4.78, 5) is 24.6. The number of likely N-dealkylation sites (tertiary alicyclic amines) is 1. The lowest BCUT2D eigenvalue weighted by molar-refractivity contribution is -0.384. The number of rotatable bonds is 3. The van der Waals surface area contributed by atoms with Crippen LogP contribution in [0.5, 0.6) is 0 Å². The number of urea groups is 1. The summed E-state index contributed by atoms with van der Waals surface area (Å²) in [5, 5.41) is 13.5. The number of anilines is 2. The Morgan fingerprint density at radius 1 is 1.10 bits per heavy atom. The molecule has 1 spiro atoms. The number of nitro benzene ring substituents is 1. The Kier molecular flexibility index (Phi) is 4.89. The van der Waals surface area contributed by atoms with E-state index in [1.807, 2.05) is 24.3 Å². The number of benzene rings is 2. The van der Waals surface area contributed by atoms with Gasteiger partial charge in [-0.05, 0) is 36.6 Å². The average Bonchev–Trinajstić information content (AvgIpc) is 3.04. The number of hydrogen-bond donors (Lipinski definition) is 1. The van der Waals surface area contributed by atoms with Crippen molar-refractivity contribution in [2.45, 2.75) is 18.3 Å². The molecule has 9 nitrogen and oxygen atoms in total. The van der Waals surface area contributed by atoms with Crippen LogP contribution in [0.3, 0.4) is 0 Å². The molecule has 2 heterocycles. The van der Waals surface area contributed by atoms with Crippen LogP contribution in [0.2, 0.25) is 0 Å². The van der Waals surface area contributed by atoms with Gasteiger partial charge in [0.15, 0.2) is 0 Å². The number of non-ortho nitro benzene ring substituents is 1. The fourth-order valence-corrected chi connectivity index (χ4v) is 5.31. The summed E-state index contributed by atoms with van der Waals surface area (Å²) < 4.78 is 26.0. The van der Waals surface area contributed by atoms with E-state index in [0.717, 1.165) is 11.3 Å². The highest BCUT2D eigenvalue weighted by atomic mass is 32.2. The van der Waals surface area contributed by atoms with Crippen LogP contribution in [0.25, 0.3) is 0 Å². The molecular formula is C20H22N4O5S. The van der Waals surface area contributed by atoms with Gasteiger partial charge in [-0.3, -0.25) is 14.4 Å². The lowest BCUT2D eigenvalue weighted by atomic mass is 9.74. The second kappa shape index (κ2) is 7.28. The first-order valence-corrected chi connectivity index (χ1v) is 11.4. The maximum absolute atomic E-state index is 12.6. The molecule has 158 valence electrons. The zero-order chi connectivity index (χ0) is 21.5. The van der Waals surface area contributed by atoms with Crippen molar-refractivity contribution in [2.24, 2.45) is 0 Å². The van der Waals surface area contributed by atoms with Crippen molar-refractivity contribution in [2.75, 3.05) is 35.5 Å². The van der Waals surface area contributed by atoms with Crippen molar-refractivity contribution < 1.29 is 18.1 Å². The lowest BCUT2D eigenvalue weighted by Crippen LogP contribution is -2.48. The average molecular weight is 430 g/mol. The first-order chi connectivity index (χ1) is 14.2. The molecule has 2 aliphatic heterocycles. The topological polar surface area (TPSA) is 113 Å². The summed E-state index contributed by atoms with van der Waals surface area (Å²) in [6, 6.07) is 13.0. The van der Waals surface area contributed by atoms with Crippen molar-refractivity contribution in [3.63, 3.8) is 0 Å². The van der Waals surface area contributed by atoms with Gasteiger partial charge in [-0.15, -0.1) is 0 Å². The SMILES string of the molecule is CS(=O)(=O)N1CC2(CCN(C(=O)Nc3ccc([N+](=O)[O-])cc3)CC2)c2ccccc21. The van der Waals surface area contributed by atoms with E-state index < -0.39 is 14.9 Å². The lowest BCUT2D eigenvalue weighted by Gasteiger charge is -2.39. The molecule has 0 radical (unpaired) electrons. The van der Waals surface area contributed by atoms with Crippen LogP contribution in [0.15, 0.2) is 48.5 Å². The highest BCUT2D eigenvalue weighted by Gasteiger charge is 2.47. The standard InChI is InChI=1S/C20H22N4O5S/c1-30(28,29)23-14-20(17-4-2-3-5-18(17)23)10-12-22(13-11-20)19(25)21-15-6-8-16(9-7-15)24(26)27/h2-9H,10-14H2,1H3,(H,21,25). The number of nitrogens with zero attached hydrogens (tertiary/aromatic N) is 3. The molecule has 0 atom stereocenters. The third kappa shape index (κ3) is 3.58. The maximum atomic E-state index is 12.6. The molecule has 2 aromatic rings. The molecule has 10 heteroatoms. The van der Waals surface area contributed by atoms with Crippen LogP contribution in [0.4, 0.5) is 21.9 Å². The van der Waals surface area contributed by atoms with Gasteiger partial charge in [0.1, 0.15) is 0 Å². The number of hydrogen-bond acceptors (Lipinski definition) is 5. The van der Waals surface area contributed by atoms with Gasteiger partial charge in [-0.1, -0.05) is 18.2 Å². The highest BCUT2D eigenvalue weighted by Crippen LogP contribution is 2.47. The van der Waals surface area contributed by atoms with Crippen molar-refractivity contribution in [1.29, 1.82) is 0 Å². The predicted molar refractivity (Wildman–Crippen MR) is 113 cm³/mol. The minimum atomic E-state index is -3.38. The van der Waals surface area contributed by atoms with Crippen LogP contribution in [-0.2, 0) is 15.4 Å². The zero-order valence-electron chi connectivity index (χ0n) is 16.4. The Hall–Kier alpha value is -3.14. The van der Waals surface area contributed by atoms with Crippen LogP contribution >= 0.6 is 0 Å². The van der Waals surface area contributed by atoms with Crippen LogP contribution in [0, 0.1) is 10.1 Å². The molecule has 0 bridgehead atoms. The first-order valence-electron chi connectivity index (χ1n) is 9.57. The van der Waals surface area contributed by atoms with Crippen LogP contribution in [0.1, 0.15) is 18.4 Å². The number of nitrogens with one attached hydrogen (secondary N) is 1. The molecule has 0 aromatic heterocycles. The number of para-hydroxylation sites is 1. The summed E-state index contributed by atoms with van der Waals surface area (Å²) in [5.74, 6) is 0. The molecule has 2 amide bonds. The summed E-state index contributed by atoms with van der Waals surface area (Å²) in [6.45, 7) is 1.37. The van der Waals surface area contributed by atoms with Crippen molar-refractivity contribution in [3.8, 4) is 0 Å². The van der Waals surface area contributed by atoms with Gasteiger partial charge in [0.25, 0.3) is 5.69 Å². The molecule has 30 heavy (non-hydrogen) atoms. The van der Waals surface area contributed by atoms with Gasteiger partial charge in [0.05, 0.1) is 16.9 Å². The Bertz CT molecular complexity index is 1090. The van der Waals surface area contributed by atoms with E-state index in [0.29, 0.717) is 38.2 Å². The fourth-order valence-electron chi connectivity index (χ4n) is 4.32. The van der Waals surface area contributed by atoms with Crippen molar-refractivity contribution >= 4 is 33.1 Å². The Morgan fingerprint density at radius 3 is 2.33 bits per heavy atom. The van der Waals surface area contributed by atoms with Gasteiger partial charge in [-0.25, -0.2) is 13.2 Å². The number of sulfonamides is 1. The number of carbonyl (C=O) groups excluding carboxylic acids is 1. The van der Waals surface area contributed by atoms with Crippen LogP contribution in [-0.4, -0.2) is 50.2 Å². The molecule has 2 aliphatic rings. The smallest absolute Gasteiger partial charge is 0.321 e. The van der Waals surface area contributed by atoms with Gasteiger partial charge >= 0.3 is 6.03 Å². The van der Waals surface area contributed by atoms with Gasteiger partial charge in [0.2, 0.25) is 10.0 Å². The van der Waals surface area contributed by atoms with E-state index in [9.17, 15) is 23.3 Å². The van der Waals surface area contributed by atoms with Crippen LogP contribution < -0.4 is 9.62 Å². The summed E-state index contributed by atoms with van der Waals surface area (Å²) in [7, 11) is -3.38. The number of carbonyl (C=O) groups is 1. The minimum absolute atomic E-state index is 0.0387. The van der Waals surface area contributed by atoms with Gasteiger partial charge in [0, 0.05) is 42.9 Å². The fraction of sp³-hybridized carbons (Fsp3) is 0.350. The van der Waals surface area contributed by atoms with E-state index in [1.165, 1.54) is 34.8 Å². The van der Waals surface area contributed by atoms with Crippen molar-refractivity contribution in [3.05, 3.63) is 64.2 Å². The molecule has 0 aliphatic carbocycles. The first kappa shape index (κ1) is 20.1. The normalized spacial score (nSPS) is 17.6. The monoisotopic (exact) mass is 430 g/mol. The largest absolute Gasteiger partial charge is 0.324 e. The molecule has 2 aromatic carbocycles. The van der Waals surface area contributed by atoms with E-state index in [-0.39, 0.29) is 17.1 Å². The molecule has 1 saturated heterocycles. The molecule has 0 unspecified atom stereocenters. The molecule has 4 rings (SSSR count). The summed E-state index contributed by atoms with van der Waals surface area (Å²) >= 11 is 0. The quantitative estimate of drug-likeness (QED) is 0.594. The highest BCUT2D eigenvalue weighted by molar-refractivity contribution is 7.92. The second-order valence-corrected chi connectivity index (χ2v) is 9.70. The van der Waals surface area contributed by atoms with E-state index >= 15 is 0 Å². The van der Waals surface area contributed by atoms with Crippen molar-refractivity contribution in [1.82, 2.24) is 4.90 Å². The number of amides is 2. The van der Waals surface area contributed by atoms with E-state index in [1.54, 1.807) is 4.90 Å². The van der Waals surface area contributed by atoms with Gasteiger partial charge < -0.3 is 10.2 Å². The Morgan fingerprint density at radius 2 is 1.73 bits per heavy atom. The van der Waals surface area contributed by atoms with E-state index in [2.05, 4.69) is 5.32 Å². The third-order valence-electron chi connectivity index (χ3n) is 5.93. The molecular weight excluding hydrogens is 408 g/mol. The van der Waals surface area contributed by atoms with Gasteiger partial charge in [-0.2, -0.15) is 0 Å². The Balaban J connectivity index is 1.46. The molecule has 1 N–H and O–H groups in total. The number of piperidine rings is 1. The predicted octanol–water partition coefficient (Wildman–Crippen LogP) is 2.94. The number of nitro groups is 1. The summed E-state index contributed by atoms with van der Waals surface area (Å²) in [5.41, 5.74) is 1.89. The second-order valence-electron chi connectivity index (χ2n) is 7.79. The minimum Gasteiger partial charge on any atom is -0.324 e. The molecule has 0 saturated carbocycles. The Labute approximate surface area is 174 Å². The summed E-state index contributed by atoms with van der Waals surface area (Å²) in [6.07, 6.45) is 2.53.